The molecule has 10 heteroatoms. The van der Waals surface area contributed by atoms with Gasteiger partial charge < -0.3 is 19.4 Å². The average Bonchev–Trinajstić information content (AvgIpc) is 3.35. The van der Waals surface area contributed by atoms with Gasteiger partial charge >= 0.3 is 0 Å². The van der Waals surface area contributed by atoms with Crippen LogP contribution in [-0.2, 0) is 11.3 Å². The Kier molecular flexibility index (Phi) is 4.65. The van der Waals surface area contributed by atoms with Crippen LogP contribution in [0.3, 0.4) is 0 Å². The number of anilines is 1. The Hall–Kier alpha value is -4.47. The van der Waals surface area contributed by atoms with E-state index < -0.39 is 0 Å². The number of ether oxygens (including phenoxy) is 2. The second-order valence-electron chi connectivity index (χ2n) is 8.13. The molecule has 2 aromatic carbocycles. The van der Waals surface area contributed by atoms with Crippen LogP contribution in [0.15, 0.2) is 48.5 Å². The molecule has 3 aromatic heterocycles. The highest BCUT2D eigenvalue weighted by molar-refractivity contribution is 6.05. The maximum atomic E-state index is 13.1. The Balaban J connectivity index is 1.38. The van der Waals surface area contributed by atoms with Crippen molar-refractivity contribution in [1.82, 2.24) is 29.5 Å². The molecule has 1 aliphatic rings. The third-order valence-electron chi connectivity index (χ3n) is 5.69. The molecule has 0 aliphatic carbocycles. The number of aryl methyl sites for hydroxylation is 2. The number of amides is 1. The normalized spacial score (nSPS) is 12.9. The van der Waals surface area contributed by atoms with E-state index in [1.54, 1.807) is 22.9 Å². The van der Waals surface area contributed by atoms with Crippen molar-refractivity contribution in [3.05, 3.63) is 59.9 Å². The number of nitrogens with zero attached hydrogens (tertiary/aromatic N) is 6. The first-order chi connectivity index (χ1) is 16.6. The second kappa shape index (κ2) is 7.84. The standard InChI is InChI=1S/C24H21N7O3/c1-14-11-15(2)31(29-14)24-26-23-22(27-28-24)17-5-3-4-6-18(17)30(23)13-21(32)25-16-7-8-19-20(12-16)34-10-9-33-19/h3-8,11-12H,9-10,13H2,1-2H3,(H,25,32). The van der Waals surface area contributed by atoms with E-state index >= 15 is 0 Å². The van der Waals surface area contributed by atoms with Gasteiger partial charge in [0.1, 0.15) is 25.3 Å². The van der Waals surface area contributed by atoms with E-state index in [1.165, 1.54) is 0 Å². The summed E-state index contributed by atoms with van der Waals surface area (Å²) in [7, 11) is 0. The molecule has 10 nitrogen and oxygen atoms in total. The van der Waals surface area contributed by atoms with Crippen LogP contribution in [0.25, 0.3) is 28.0 Å². The molecule has 6 rings (SSSR count). The average molecular weight is 455 g/mol. The summed E-state index contributed by atoms with van der Waals surface area (Å²) in [4.78, 5) is 17.8. The summed E-state index contributed by atoms with van der Waals surface area (Å²) >= 11 is 0. The third kappa shape index (κ3) is 3.40. The number of rotatable bonds is 4. The monoisotopic (exact) mass is 455 g/mol. The van der Waals surface area contributed by atoms with Gasteiger partial charge in [-0.2, -0.15) is 10.1 Å². The highest BCUT2D eigenvalue weighted by atomic mass is 16.6. The van der Waals surface area contributed by atoms with Gasteiger partial charge in [0.05, 0.1) is 11.2 Å². The zero-order chi connectivity index (χ0) is 23.2. The minimum Gasteiger partial charge on any atom is -0.486 e. The van der Waals surface area contributed by atoms with Crippen LogP contribution in [0.2, 0.25) is 0 Å². The summed E-state index contributed by atoms with van der Waals surface area (Å²) in [6, 6.07) is 15.0. The number of benzene rings is 2. The van der Waals surface area contributed by atoms with Crippen molar-refractivity contribution in [2.45, 2.75) is 20.4 Å². The Labute approximate surface area is 194 Å². The summed E-state index contributed by atoms with van der Waals surface area (Å²) in [6.07, 6.45) is 0. The van der Waals surface area contributed by atoms with Gasteiger partial charge in [-0.05, 0) is 38.1 Å². The van der Waals surface area contributed by atoms with Gasteiger partial charge in [-0.1, -0.05) is 18.2 Å². The number of aromatic nitrogens is 6. The maximum Gasteiger partial charge on any atom is 0.272 e. The smallest absolute Gasteiger partial charge is 0.272 e. The van der Waals surface area contributed by atoms with Crippen molar-refractivity contribution in [3.8, 4) is 17.4 Å². The van der Waals surface area contributed by atoms with E-state index in [4.69, 9.17) is 14.5 Å². The Morgan fingerprint density at radius 2 is 1.85 bits per heavy atom. The molecule has 0 spiro atoms. The first-order valence-electron chi connectivity index (χ1n) is 10.9. The fourth-order valence-electron chi connectivity index (χ4n) is 4.24. The summed E-state index contributed by atoms with van der Waals surface area (Å²) in [6.45, 7) is 4.89. The number of hydrogen-bond donors (Lipinski definition) is 1. The molecule has 1 amide bonds. The third-order valence-corrected chi connectivity index (χ3v) is 5.69. The van der Waals surface area contributed by atoms with E-state index in [0.717, 1.165) is 22.3 Å². The zero-order valence-electron chi connectivity index (χ0n) is 18.6. The van der Waals surface area contributed by atoms with Crippen molar-refractivity contribution in [1.29, 1.82) is 0 Å². The predicted octanol–water partition coefficient (Wildman–Crippen LogP) is 3.19. The lowest BCUT2D eigenvalue weighted by atomic mass is 10.2. The van der Waals surface area contributed by atoms with Crippen LogP contribution in [0, 0.1) is 13.8 Å². The van der Waals surface area contributed by atoms with Crippen LogP contribution in [0.4, 0.5) is 5.69 Å². The Bertz CT molecular complexity index is 1570. The number of fused-ring (bicyclic) bond motifs is 4. The van der Waals surface area contributed by atoms with Crippen LogP contribution >= 0.6 is 0 Å². The molecule has 1 N–H and O–H groups in total. The van der Waals surface area contributed by atoms with Crippen molar-refractivity contribution in [3.63, 3.8) is 0 Å². The molecule has 0 saturated carbocycles. The maximum absolute atomic E-state index is 13.1. The van der Waals surface area contributed by atoms with Gasteiger partial charge in [0.25, 0.3) is 5.95 Å². The first-order valence-corrected chi connectivity index (χ1v) is 10.9. The van der Waals surface area contributed by atoms with E-state index in [2.05, 4.69) is 20.6 Å². The Morgan fingerprint density at radius 3 is 2.68 bits per heavy atom. The summed E-state index contributed by atoms with van der Waals surface area (Å²) < 4.78 is 14.7. The number of nitrogens with one attached hydrogen (secondary N) is 1. The van der Waals surface area contributed by atoms with Gasteiger partial charge in [0.15, 0.2) is 17.1 Å². The van der Waals surface area contributed by atoms with E-state index in [1.807, 2.05) is 48.7 Å². The predicted molar refractivity (Wildman–Crippen MR) is 125 cm³/mol. The summed E-state index contributed by atoms with van der Waals surface area (Å²) in [5.41, 5.74) is 4.44. The lowest BCUT2D eigenvalue weighted by Crippen LogP contribution is -2.20. The molecule has 0 fully saturated rings. The largest absolute Gasteiger partial charge is 0.486 e. The molecule has 5 aromatic rings. The number of carbonyl (C=O) groups excluding carboxylic acids is 1. The van der Waals surface area contributed by atoms with Crippen LogP contribution in [0.1, 0.15) is 11.4 Å². The lowest BCUT2D eigenvalue weighted by Gasteiger charge is -2.19. The van der Waals surface area contributed by atoms with E-state index in [0.29, 0.717) is 47.5 Å². The molecular formula is C24H21N7O3. The fraction of sp³-hybridized carbons (Fsp3) is 0.208. The van der Waals surface area contributed by atoms with Crippen LogP contribution in [0.5, 0.6) is 11.5 Å². The number of hydrogen-bond acceptors (Lipinski definition) is 7. The molecule has 0 unspecified atom stereocenters. The van der Waals surface area contributed by atoms with Crippen molar-refractivity contribution in [2.24, 2.45) is 0 Å². The van der Waals surface area contributed by atoms with E-state index in [-0.39, 0.29) is 12.5 Å². The van der Waals surface area contributed by atoms with Crippen LogP contribution in [-0.4, -0.2) is 48.6 Å². The first kappa shape index (κ1) is 20.2. The van der Waals surface area contributed by atoms with Crippen LogP contribution < -0.4 is 14.8 Å². The highest BCUT2D eigenvalue weighted by Gasteiger charge is 2.19. The molecule has 0 radical (unpaired) electrons. The van der Waals surface area contributed by atoms with Crippen molar-refractivity contribution < 1.29 is 14.3 Å². The van der Waals surface area contributed by atoms with Gasteiger partial charge in [-0.25, -0.2) is 4.68 Å². The van der Waals surface area contributed by atoms with E-state index in [9.17, 15) is 4.79 Å². The number of carbonyl (C=O) groups is 1. The lowest BCUT2D eigenvalue weighted by molar-refractivity contribution is -0.116. The highest BCUT2D eigenvalue weighted by Crippen LogP contribution is 2.33. The summed E-state index contributed by atoms with van der Waals surface area (Å²) in [5, 5.41) is 17.0. The van der Waals surface area contributed by atoms with Gasteiger partial charge in [0.2, 0.25) is 5.91 Å². The SMILES string of the molecule is Cc1cc(C)n(-c2nnc3c4ccccc4n(CC(=O)Nc4ccc5c(c4)OCCO5)c3n2)n1. The van der Waals surface area contributed by atoms with Gasteiger partial charge in [-0.3, -0.25) is 4.79 Å². The van der Waals surface area contributed by atoms with Gasteiger partial charge in [-0.15, -0.1) is 10.2 Å². The molecule has 34 heavy (non-hydrogen) atoms. The topological polar surface area (TPSA) is 109 Å². The molecule has 4 heterocycles. The minimum atomic E-state index is -0.203. The van der Waals surface area contributed by atoms with Gasteiger partial charge in [0, 0.05) is 22.8 Å². The summed E-state index contributed by atoms with van der Waals surface area (Å²) in [5.74, 6) is 1.44. The van der Waals surface area contributed by atoms with Crippen molar-refractivity contribution >= 4 is 33.7 Å². The molecular weight excluding hydrogens is 434 g/mol. The molecule has 170 valence electrons. The Morgan fingerprint density at radius 1 is 1.03 bits per heavy atom. The molecule has 0 bridgehead atoms. The zero-order valence-corrected chi connectivity index (χ0v) is 18.6. The molecule has 0 atom stereocenters. The number of para-hydroxylation sites is 1. The molecule has 1 aliphatic heterocycles. The molecule has 0 saturated heterocycles. The minimum absolute atomic E-state index is 0.0493. The van der Waals surface area contributed by atoms with Crippen molar-refractivity contribution in [2.75, 3.05) is 18.5 Å². The second-order valence-corrected chi connectivity index (χ2v) is 8.13. The fourth-order valence-corrected chi connectivity index (χ4v) is 4.24. The quantitative estimate of drug-likeness (QED) is 0.443.